The number of amides is 2. The van der Waals surface area contributed by atoms with Gasteiger partial charge in [0.05, 0.1) is 25.3 Å². The highest BCUT2D eigenvalue weighted by Gasteiger charge is 2.34. The number of urea groups is 1. The average Bonchev–Trinajstić information content (AvgIpc) is 2.79. The van der Waals surface area contributed by atoms with Crippen LogP contribution in [0.25, 0.3) is 0 Å². The van der Waals surface area contributed by atoms with E-state index >= 15 is 0 Å². The third-order valence-corrected chi connectivity index (χ3v) is 5.16. The smallest absolute Gasteiger partial charge is 0.338 e. The van der Waals surface area contributed by atoms with Gasteiger partial charge in [-0.25, -0.2) is 9.59 Å². The molecule has 1 aliphatic heterocycles. The number of ether oxygens (including phenoxy) is 2. The normalized spacial score (nSPS) is 16.0. The summed E-state index contributed by atoms with van der Waals surface area (Å²) >= 11 is 0. The molecule has 31 heavy (non-hydrogen) atoms. The predicted molar refractivity (Wildman–Crippen MR) is 118 cm³/mol. The molecule has 7 nitrogen and oxygen atoms in total. The number of methoxy groups -OCH3 is 1. The van der Waals surface area contributed by atoms with Gasteiger partial charge in [-0.3, -0.25) is 4.90 Å². The minimum atomic E-state index is -0.609. The molecule has 2 N–H and O–H groups in total. The van der Waals surface area contributed by atoms with Crippen molar-refractivity contribution in [2.24, 2.45) is 0 Å². The lowest BCUT2D eigenvalue weighted by atomic mass is 9.95. The SMILES string of the molecule is CCOc1ccc([C@H]2NC(=O)NC(CN(CC)Cc3ccccc3)=C2C(=O)OC)cc1. The van der Waals surface area contributed by atoms with Gasteiger partial charge in [0.1, 0.15) is 5.75 Å². The number of likely N-dealkylation sites (N-methyl/N-ethyl adjacent to an activating group) is 1. The van der Waals surface area contributed by atoms with Crippen LogP contribution < -0.4 is 15.4 Å². The first-order chi connectivity index (χ1) is 15.0. The number of nitrogens with one attached hydrogen (secondary N) is 2. The molecular weight excluding hydrogens is 394 g/mol. The monoisotopic (exact) mass is 423 g/mol. The Labute approximate surface area is 183 Å². The summed E-state index contributed by atoms with van der Waals surface area (Å²) in [5.41, 5.74) is 2.89. The summed E-state index contributed by atoms with van der Waals surface area (Å²) in [5, 5.41) is 5.68. The van der Waals surface area contributed by atoms with Gasteiger partial charge >= 0.3 is 12.0 Å². The molecule has 0 fully saturated rings. The van der Waals surface area contributed by atoms with Gasteiger partial charge in [-0.1, -0.05) is 49.4 Å². The fourth-order valence-electron chi connectivity index (χ4n) is 3.61. The molecule has 0 bridgehead atoms. The van der Waals surface area contributed by atoms with E-state index in [0.717, 1.165) is 23.4 Å². The van der Waals surface area contributed by atoms with E-state index in [4.69, 9.17) is 9.47 Å². The fraction of sp³-hybridized carbons (Fsp3) is 0.333. The largest absolute Gasteiger partial charge is 0.494 e. The first-order valence-electron chi connectivity index (χ1n) is 10.4. The lowest BCUT2D eigenvalue weighted by Gasteiger charge is -2.31. The maximum atomic E-state index is 12.8. The second-order valence-corrected chi connectivity index (χ2v) is 7.21. The van der Waals surface area contributed by atoms with Crippen molar-refractivity contribution >= 4 is 12.0 Å². The van der Waals surface area contributed by atoms with Gasteiger partial charge < -0.3 is 20.1 Å². The first-order valence-corrected chi connectivity index (χ1v) is 10.4. The molecule has 164 valence electrons. The van der Waals surface area contributed by atoms with Crippen molar-refractivity contribution in [1.29, 1.82) is 0 Å². The Bertz CT molecular complexity index is 926. The predicted octanol–water partition coefficient (Wildman–Crippen LogP) is 3.39. The minimum Gasteiger partial charge on any atom is -0.494 e. The van der Waals surface area contributed by atoms with Crippen LogP contribution >= 0.6 is 0 Å². The van der Waals surface area contributed by atoms with Gasteiger partial charge in [-0.2, -0.15) is 0 Å². The highest BCUT2D eigenvalue weighted by molar-refractivity contribution is 5.95. The van der Waals surface area contributed by atoms with Crippen molar-refractivity contribution in [2.75, 3.05) is 26.8 Å². The third-order valence-electron chi connectivity index (χ3n) is 5.16. The van der Waals surface area contributed by atoms with E-state index in [9.17, 15) is 9.59 Å². The maximum Gasteiger partial charge on any atom is 0.338 e. The minimum absolute atomic E-state index is 0.350. The molecule has 1 aliphatic rings. The Hall–Kier alpha value is -3.32. The van der Waals surface area contributed by atoms with Gasteiger partial charge in [-0.05, 0) is 36.7 Å². The van der Waals surface area contributed by atoms with E-state index < -0.39 is 12.0 Å². The molecule has 1 atom stereocenters. The Morgan fingerprint density at radius 2 is 1.74 bits per heavy atom. The van der Waals surface area contributed by atoms with E-state index in [-0.39, 0.29) is 6.03 Å². The van der Waals surface area contributed by atoms with Crippen LogP contribution in [-0.4, -0.2) is 43.7 Å². The van der Waals surface area contributed by atoms with Gasteiger partial charge in [0.25, 0.3) is 0 Å². The van der Waals surface area contributed by atoms with Crippen LogP contribution in [0.2, 0.25) is 0 Å². The lowest BCUT2D eigenvalue weighted by Crippen LogP contribution is -2.48. The first kappa shape index (κ1) is 22.4. The second kappa shape index (κ2) is 10.6. The summed E-state index contributed by atoms with van der Waals surface area (Å²) in [4.78, 5) is 27.4. The molecule has 0 aliphatic carbocycles. The highest BCUT2D eigenvalue weighted by atomic mass is 16.5. The number of hydrogen-bond acceptors (Lipinski definition) is 5. The van der Waals surface area contributed by atoms with E-state index in [1.807, 2.05) is 56.3 Å². The molecule has 0 radical (unpaired) electrons. The van der Waals surface area contributed by atoms with Gasteiger partial charge in [0.2, 0.25) is 0 Å². The van der Waals surface area contributed by atoms with Crippen LogP contribution in [0.15, 0.2) is 65.9 Å². The van der Waals surface area contributed by atoms with Gasteiger partial charge in [0.15, 0.2) is 0 Å². The van der Waals surface area contributed by atoms with Crippen LogP contribution in [-0.2, 0) is 16.1 Å². The summed E-state index contributed by atoms with van der Waals surface area (Å²) < 4.78 is 10.6. The number of nitrogens with zero attached hydrogens (tertiary/aromatic N) is 1. The second-order valence-electron chi connectivity index (χ2n) is 7.21. The van der Waals surface area contributed by atoms with Crippen LogP contribution in [0.3, 0.4) is 0 Å². The number of hydrogen-bond donors (Lipinski definition) is 2. The van der Waals surface area contributed by atoms with Crippen molar-refractivity contribution in [3.05, 3.63) is 77.0 Å². The third kappa shape index (κ3) is 5.64. The molecule has 2 aromatic carbocycles. The van der Waals surface area contributed by atoms with Crippen LogP contribution in [0, 0.1) is 0 Å². The molecule has 1 heterocycles. The highest BCUT2D eigenvalue weighted by Crippen LogP contribution is 2.29. The zero-order chi connectivity index (χ0) is 22.2. The van der Waals surface area contributed by atoms with Crippen molar-refractivity contribution in [3.63, 3.8) is 0 Å². The topological polar surface area (TPSA) is 79.9 Å². The molecule has 2 aromatic rings. The van der Waals surface area contributed by atoms with Crippen LogP contribution in [0.5, 0.6) is 5.75 Å². The molecule has 0 unspecified atom stereocenters. The Morgan fingerprint density at radius 1 is 1.03 bits per heavy atom. The molecule has 3 rings (SSSR count). The molecule has 7 heteroatoms. The molecular formula is C24H29N3O4. The summed E-state index contributed by atoms with van der Waals surface area (Å²) in [6.07, 6.45) is 0. The summed E-state index contributed by atoms with van der Waals surface area (Å²) in [6.45, 7) is 6.40. The molecule has 2 amide bonds. The number of carbonyl (C=O) groups is 2. The van der Waals surface area contributed by atoms with Crippen molar-refractivity contribution in [2.45, 2.75) is 26.4 Å². The van der Waals surface area contributed by atoms with Crippen molar-refractivity contribution < 1.29 is 19.1 Å². The number of esters is 1. The van der Waals surface area contributed by atoms with E-state index in [1.165, 1.54) is 7.11 Å². The Kier molecular flexibility index (Phi) is 7.67. The summed E-state index contributed by atoms with van der Waals surface area (Å²) in [5.74, 6) is 0.257. The quantitative estimate of drug-likeness (QED) is 0.605. The van der Waals surface area contributed by atoms with Crippen molar-refractivity contribution in [3.8, 4) is 5.75 Å². The summed E-state index contributed by atoms with van der Waals surface area (Å²) in [7, 11) is 1.35. The number of carbonyl (C=O) groups excluding carboxylic acids is 2. The molecule has 0 saturated heterocycles. The molecule has 0 aromatic heterocycles. The van der Waals surface area contributed by atoms with Gasteiger partial charge in [-0.15, -0.1) is 0 Å². The summed E-state index contributed by atoms with van der Waals surface area (Å²) in [6, 6.07) is 16.5. The fourth-order valence-corrected chi connectivity index (χ4v) is 3.61. The zero-order valence-electron chi connectivity index (χ0n) is 18.2. The maximum absolute atomic E-state index is 12.8. The van der Waals surface area contributed by atoms with Crippen LogP contribution in [0.4, 0.5) is 4.79 Å². The standard InChI is InChI=1S/C24H29N3O4/c1-4-27(15-17-9-7-6-8-10-17)16-20-21(23(28)30-3)22(26-24(29)25-20)18-11-13-19(14-12-18)31-5-2/h6-14,22H,4-5,15-16H2,1-3H3,(H2,25,26,29)/t22-/m1/s1. The van der Waals surface area contributed by atoms with E-state index in [2.05, 4.69) is 27.7 Å². The Balaban J connectivity index is 1.93. The zero-order valence-corrected chi connectivity index (χ0v) is 18.2. The lowest BCUT2D eigenvalue weighted by molar-refractivity contribution is -0.136. The number of benzene rings is 2. The average molecular weight is 424 g/mol. The molecule has 0 spiro atoms. The van der Waals surface area contributed by atoms with Crippen molar-refractivity contribution in [1.82, 2.24) is 15.5 Å². The Morgan fingerprint density at radius 3 is 2.35 bits per heavy atom. The van der Waals surface area contributed by atoms with Crippen LogP contribution in [0.1, 0.15) is 31.0 Å². The molecule has 0 saturated carbocycles. The van der Waals surface area contributed by atoms with E-state index in [1.54, 1.807) is 0 Å². The van der Waals surface area contributed by atoms with E-state index in [0.29, 0.717) is 31.0 Å². The number of rotatable bonds is 9. The van der Waals surface area contributed by atoms with Gasteiger partial charge in [0, 0.05) is 18.8 Å².